The quantitative estimate of drug-likeness (QED) is 0.641. The molecule has 0 amide bonds. The van der Waals surface area contributed by atoms with E-state index < -0.39 is 0 Å². The van der Waals surface area contributed by atoms with Crippen LogP contribution in [-0.4, -0.2) is 19.6 Å². The molecule has 104 valence electrons. The van der Waals surface area contributed by atoms with E-state index in [0.717, 1.165) is 30.0 Å². The van der Waals surface area contributed by atoms with Crippen LogP contribution in [0, 0.1) is 0 Å². The number of methoxy groups -OCH3 is 1. The van der Waals surface area contributed by atoms with Crippen molar-refractivity contribution in [1.29, 1.82) is 0 Å². The Balaban J connectivity index is 2.25. The number of allylic oxidation sites excluding steroid dienone is 1. The molecule has 0 bridgehead atoms. The second-order valence-corrected chi connectivity index (χ2v) is 6.04. The van der Waals surface area contributed by atoms with Crippen molar-refractivity contribution in [3.05, 3.63) is 22.1 Å². The average molecular weight is 280 g/mol. The number of esters is 1. The van der Waals surface area contributed by atoms with Crippen LogP contribution in [0.5, 0.6) is 0 Å². The molecule has 1 saturated carbocycles. The second kappa shape index (κ2) is 5.65. The maximum absolute atomic E-state index is 11.7. The predicted octanol–water partition coefficient (Wildman–Crippen LogP) is 3.37. The van der Waals surface area contributed by atoms with Crippen LogP contribution in [0.1, 0.15) is 47.8 Å². The molecule has 0 spiro atoms. The topological polar surface area (TPSA) is 64.3 Å². The summed E-state index contributed by atoms with van der Waals surface area (Å²) < 4.78 is 4.78. The molecule has 1 aromatic heterocycles. The zero-order chi connectivity index (χ0) is 14.0. The van der Waals surface area contributed by atoms with Crippen molar-refractivity contribution in [3.8, 4) is 0 Å². The van der Waals surface area contributed by atoms with Gasteiger partial charge in [0.25, 0.3) is 0 Å². The largest absolute Gasteiger partial charge is 0.465 e. The minimum absolute atomic E-state index is 0.348. The highest BCUT2D eigenvalue weighted by Crippen LogP contribution is 2.50. The molecule has 0 saturated heterocycles. The van der Waals surface area contributed by atoms with Gasteiger partial charge in [0.2, 0.25) is 0 Å². The van der Waals surface area contributed by atoms with Crippen molar-refractivity contribution in [2.24, 2.45) is 0 Å². The van der Waals surface area contributed by atoms with E-state index in [1.807, 2.05) is 0 Å². The molecule has 0 aliphatic heterocycles. The molecule has 1 aliphatic rings. The van der Waals surface area contributed by atoms with Crippen LogP contribution in [0.2, 0.25) is 0 Å². The Labute approximate surface area is 117 Å². The van der Waals surface area contributed by atoms with Gasteiger partial charge in [-0.1, -0.05) is 11.6 Å². The number of nitrogen functional groups attached to an aromatic ring is 1. The molecule has 0 atom stereocenters. The summed E-state index contributed by atoms with van der Waals surface area (Å²) in [5, 5.41) is 4.37. The molecular weight excluding hydrogens is 260 g/mol. The summed E-state index contributed by atoms with van der Waals surface area (Å²) in [6.45, 7) is 4.88. The molecule has 1 fully saturated rings. The van der Waals surface area contributed by atoms with Gasteiger partial charge in [-0.2, -0.15) is 0 Å². The maximum Gasteiger partial charge on any atom is 0.350 e. The Hall–Kier alpha value is -1.49. The highest BCUT2D eigenvalue weighted by atomic mass is 32.1. The molecule has 3 N–H and O–H groups in total. The second-order valence-electron chi connectivity index (χ2n) is 5.02. The first-order valence-electron chi connectivity index (χ1n) is 6.42. The molecule has 0 aromatic carbocycles. The Morgan fingerprint density at radius 3 is 2.74 bits per heavy atom. The van der Waals surface area contributed by atoms with Gasteiger partial charge in [0, 0.05) is 12.1 Å². The zero-order valence-corrected chi connectivity index (χ0v) is 12.4. The van der Waals surface area contributed by atoms with Crippen LogP contribution in [-0.2, 0) is 4.74 Å². The monoisotopic (exact) mass is 280 g/mol. The molecule has 5 heteroatoms. The maximum atomic E-state index is 11.7. The van der Waals surface area contributed by atoms with Crippen LogP contribution in [0.4, 0.5) is 10.7 Å². The lowest BCUT2D eigenvalue weighted by atomic mass is 10.1. The summed E-state index contributed by atoms with van der Waals surface area (Å²) in [6.07, 6.45) is 4.42. The number of ether oxygens (including phenoxy) is 1. The van der Waals surface area contributed by atoms with E-state index in [2.05, 4.69) is 25.2 Å². The Morgan fingerprint density at radius 2 is 2.21 bits per heavy atom. The molecule has 0 radical (unpaired) electrons. The van der Waals surface area contributed by atoms with E-state index in [4.69, 9.17) is 10.5 Å². The number of anilines is 2. The lowest BCUT2D eigenvalue weighted by Crippen LogP contribution is -2.03. The highest BCUT2D eigenvalue weighted by molar-refractivity contribution is 7.18. The number of carbonyl (C=O) groups is 1. The van der Waals surface area contributed by atoms with Crippen LogP contribution >= 0.6 is 11.3 Å². The first kappa shape index (κ1) is 13.9. The zero-order valence-electron chi connectivity index (χ0n) is 11.6. The van der Waals surface area contributed by atoms with Crippen molar-refractivity contribution in [2.75, 3.05) is 24.7 Å². The van der Waals surface area contributed by atoms with Gasteiger partial charge in [0.15, 0.2) is 0 Å². The van der Waals surface area contributed by atoms with Gasteiger partial charge in [0.1, 0.15) is 4.88 Å². The molecular formula is C14H20N2O2S. The van der Waals surface area contributed by atoms with E-state index in [9.17, 15) is 4.79 Å². The van der Waals surface area contributed by atoms with Gasteiger partial charge in [-0.25, -0.2) is 4.79 Å². The van der Waals surface area contributed by atoms with Crippen LogP contribution in [0.15, 0.2) is 11.6 Å². The third-order valence-electron chi connectivity index (χ3n) is 3.11. The SMILES string of the molecule is COC(=O)c1sc(NCC=C(C)C)c(C2CC2)c1N. The van der Waals surface area contributed by atoms with Gasteiger partial charge in [0.05, 0.1) is 17.8 Å². The normalized spacial score (nSPS) is 14.1. The Morgan fingerprint density at radius 1 is 1.53 bits per heavy atom. The first-order chi connectivity index (χ1) is 9.04. The third kappa shape index (κ3) is 3.10. The number of carbonyl (C=O) groups excluding carboxylic acids is 1. The fraction of sp³-hybridized carbons (Fsp3) is 0.500. The lowest BCUT2D eigenvalue weighted by molar-refractivity contribution is 0.0607. The van der Waals surface area contributed by atoms with E-state index in [-0.39, 0.29) is 5.97 Å². The van der Waals surface area contributed by atoms with Gasteiger partial charge in [-0.15, -0.1) is 11.3 Å². The summed E-state index contributed by atoms with van der Waals surface area (Å²) in [6, 6.07) is 0. The van der Waals surface area contributed by atoms with E-state index >= 15 is 0 Å². The van der Waals surface area contributed by atoms with Crippen molar-refractivity contribution in [2.45, 2.75) is 32.6 Å². The molecule has 2 rings (SSSR count). The van der Waals surface area contributed by atoms with Crippen molar-refractivity contribution in [1.82, 2.24) is 0 Å². The minimum atomic E-state index is -0.348. The summed E-state index contributed by atoms with van der Waals surface area (Å²) in [5.74, 6) is 0.156. The fourth-order valence-corrected chi connectivity index (χ4v) is 3.09. The van der Waals surface area contributed by atoms with E-state index in [1.165, 1.54) is 24.0 Å². The van der Waals surface area contributed by atoms with Gasteiger partial charge >= 0.3 is 5.97 Å². The van der Waals surface area contributed by atoms with Crippen molar-refractivity contribution >= 4 is 28.0 Å². The van der Waals surface area contributed by atoms with Gasteiger partial charge in [-0.05, 0) is 32.6 Å². The van der Waals surface area contributed by atoms with Crippen LogP contribution in [0.25, 0.3) is 0 Å². The van der Waals surface area contributed by atoms with E-state index in [0.29, 0.717) is 16.5 Å². The molecule has 1 aromatic rings. The lowest BCUT2D eigenvalue weighted by Gasteiger charge is -2.05. The van der Waals surface area contributed by atoms with Gasteiger partial charge < -0.3 is 15.8 Å². The van der Waals surface area contributed by atoms with Crippen molar-refractivity contribution in [3.63, 3.8) is 0 Å². The number of rotatable bonds is 5. The Bertz CT molecular complexity index is 512. The predicted molar refractivity (Wildman–Crippen MR) is 80.0 cm³/mol. The number of hydrogen-bond donors (Lipinski definition) is 2. The van der Waals surface area contributed by atoms with Crippen LogP contribution < -0.4 is 11.1 Å². The molecule has 19 heavy (non-hydrogen) atoms. The van der Waals surface area contributed by atoms with Gasteiger partial charge in [-0.3, -0.25) is 0 Å². The highest BCUT2D eigenvalue weighted by Gasteiger charge is 2.33. The number of thiophene rings is 1. The van der Waals surface area contributed by atoms with Crippen LogP contribution in [0.3, 0.4) is 0 Å². The number of hydrogen-bond acceptors (Lipinski definition) is 5. The van der Waals surface area contributed by atoms with Crippen molar-refractivity contribution < 1.29 is 9.53 Å². The van der Waals surface area contributed by atoms with E-state index in [1.54, 1.807) is 0 Å². The number of nitrogens with one attached hydrogen (secondary N) is 1. The number of nitrogens with two attached hydrogens (primary N) is 1. The first-order valence-corrected chi connectivity index (χ1v) is 7.24. The third-order valence-corrected chi connectivity index (χ3v) is 4.27. The molecule has 4 nitrogen and oxygen atoms in total. The Kier molecular flexibility index (Phi) is 4.14. The molecule has 1 heterocycles. The minimum Gasteiger partial charge on any atom is -0.465 e. The fourth-order valence-electron chi connectivity index (χ4n) is 1.96. The summed E-state index contributed by atoms with van der Waals surface area (Å²) >= 11 is 1.40. The standard InChI is InChI=1S/C14H20N2O2S/c1-8(2)6-7-16-13-10(9-4-5-9)11(15)12(19-13)14(17)18-3/h6,9,16H,4-5,7,15H2,1-3H3. The average Bonchev–Trinajstić information content (AvgIpc) is 3.13. The molecule has 1 aliphatic carbocycles. The summed E-state index contributed by atoms with van der Waals surface area (Å²) in [4.78, 5) is 12.2. The molecule has 0 unspecified atom stereocenters. The summed E-state index contributed by atoms with van der Waals surface area (Å²) in [7, 11) is 1.38. The smallest absolute Gasteiger partial charge is 0.350 e. The summed E-state index contributed by atoms with van der Waals surface area (Å²) in [5.41, 5.74) is 9.07.